The Hall–Kier alpha value is -0.553. The van der Waals surface area contributed by atoms with Gasteiger partial charge < -0.3 is 15.7 Å². The first-order valence-corrected chi connectivity index (χ1v) is 11.7. The van der Waals surface area contributed by atoms with E-state index in [2.05, 4.69) is 19.6 Å². The topological polar surface area (TPSA) is 66.6 Å². The van der Waals surface area contributed by atoms with Gasteiger partial charge in [0.2, 0.25) is 0 Å². The van der Waals surface area contributed by atoms with Crippen molar-refractivity contribution in [1.82, 2.24) is 4.90 Å². The maximum Gasteiger partial charge on any atom is 0.407 e. The second-order valence-corrected chi connectivity index (χ2v) is 13.2. The van der Waals surface area contributed by atoms with Crippen LogP contribution in [0.1, 0.15) is 38.5 Å². The molecule has 1 amide bonds. The van der Waals surface area contributed by atoms with Crippen LogP contribution in [-0.4, -0.2) is 43.3 Å². The predicted octanol–water partition coefficient (Wildman–Crippen LogP) is 3.60. The Labute approximate surface area is 124 Å². The zero-order valence-electron chi connectivity index (χ0n) is 13.4. The summed E-state index contributed by atoms with van der Waals surface area (Å²) in [4.78, 5) is 12.9. The van der Waals surface area contributed by atoms with Crippen LogP contribution in [0.4, 0.5) is 4.79 Å². The third kappa shape index (κ3) is 7.29. The molecule has 0 saturated heterocycles. The van der Waals surface area contributed by atoms with Crippen molar-refractivity contribution in [3.8, 4) is 0 Å². The molecular formula is C15H32N2O2Si. The molecule has 0 bridgehead atoms. The summed E-state index contributed by atoms with van der Waals surface area (Å²) in [5.74, 6) is 0.714. The van der Waals surface area contributed by atoms with Gasteiger partial charge in [0.15, 0.2) is 0 Å². The minimum absolute atomic E-state index is 0.00386. The molecule has 118 valence electrons. The maximum absolute atomic E-state index is 11.3. The maximum atomic E-state index is 11.3. The van der Waals surface area contributed by atoms with E-state index in [1.54, 1.807) is 0 Å². The first kappa shape index (κ1) is 17.5. The molecule has 0 aromatic carbocycles. The lowest BCUT2D eigenvalue weighted by molar-refractivity contribution is 0.142. The van der Waals surface area contributed by atoms with E-state index in [0.29, 0.717) is 19.0 Å². The van der Waals surface area contributed by atoms with E-state index in [9.17, 15) is 9.90 Å². The highest BCUT2D eigenvalue weighted by molar-refractivity contribution is 6.76. The van der Waals surface area contributed by atoms with Crippen LogP contribution < -0.4 is 5.73 Å². The van der Waals surface area contributed by atoms with Crippen molar-refractivity contribution in [1.29, 1.82) is 0 Å². The Morgan fingerprint density at radius 2 is 1.90 bits per heavy atom. The quantitative estimate of drug-likeness (QED) is 0.706. The summed E-state index contributed by atoms with van der Waals surface area (Å²) in [7, 11) is -1.21. The SMILES string of the molecule is C[Si](C)(C)CCN(C[C@@H](N)CC1CCCCC1)C(=O)O. The molecule has 0 aliphatic heterocycles. The average molecular weight is 301 g/mol. The zero-order chi connectivity index (χ0) is 15.2. The van der Waals surface area contributed by atoms with Crippen LogP contribution in [0.2, 0.25) is 25.7 Å². The monoisotopic (exact) mass is 300 g/mol. The van der Waals surface area contributed by atoms with Gasteiger partial charge in [-0.1, -0.05) is 51.7 Å². The Morgan fingerprint density at radius 3 is 2.40 bits per heavy atom. The second-order valence-electron chi connectivity index (χ2n) is 7.54. The Bertz CT molecular complexity index is 299. The minimum Gasteiger partial charge on any atom is -0.465 e. The number of rotatable bonds is 7. The second kappa shape index (κ2) is 8.03. The van der Waals surface area contributed by atoms with Crippen LogP contribution in [0.25, 0.3) is 0 Å². The van der Waals surface area contributed by atoms with E-state index >= 15 is 0 Å². The Morgan fingerprint density at radius 1 is 1.30 bits per heavy atom. The lowest BCUT2D eigenvalue weighted by Crippen LogP contribution is -2.43. The largest absolute Gasteiger partial charge is 0.465 e. The van der Waals surface area contributed by atoms with Gasteiger partial charge in [-0.3, -0.25) is 0 Å². The van der Waals surface area contributed by atoms with Crippen molar-refractivity contribution >= 4 is 14.2 Å². The van der Waals surface area contributed by atoms with Crippen LogP contribution in [-0.2, 0) is 0 Å². The van der Waals surface area contributed by atoms with E-state index in [4.69, 9.17) is 5.73 Å². The van der Waals surface area contributed by atoms with E-state index in [-0.39, 0.29) is 6.04 Å². The van der Waals surface area contributed by atoms with Crippen LogP contribution in [0, 0.1) is 5.92 Å². The first-order valence-electron chi connectivity index (χ1n) is 8.01. The van der Waals surface area contributed by atoms with Crippen molar-refractivity contribution in [3.05, 3.63) is 0 Å². The number of nitrogens with zero attached hydrogens (tertiary/aromatic N) is 1. The fourth-order valence-corrected chi connectivity index (χ4v) is 3.88. The summed E-state index contributed by atoms with van der Waals surface area (Å²) in [6, 6.07) is 1.01. The van der Waals surface area contributed by atoms with Crippen LogP contribution in [0.3, 0.4) is 0 Å². The summed E-state index contributed by atoms with van der Waals surface area (Å²) >= 11 is 0. The fourth-order valence-electron chi connectivity index (χ4n) is 2.94. The summed E-state index contributed by atoms with van der Waals surface area (Å²) in [6.07, 6.45) is 6.69. The van der Waals surface area contributed by atoms with Gasteiger partial charge in [0, 0.05) is 27.2 Å². The van der Waals surface area contributed by atoms with Gasteiger partial charge in [-0.25, -0.2) is 4.79 Å². The van der Waals surface area contributed by atoms with E-state index in [1.165, 1.54) is 37.0 Å². The molecular weight excluding hydrogens is 268 g/mol. The van der Waals surface area contributed by atoms with E-state index in [0.717, 1.165) is 12.5 Å². The standard InChI is InChI=1S/C15H32N2O2Si/c1-20(2,3)10-9-17(15(18)19)12-14(16)11-13-7-5-4-6-8-13/h13-14H,4-12,16H2,1-3H3,(H,18,19)/t14-/m0/s1. The number of hydrogen-bond acceptors (Lipinski definition) is 2. The minimum atomic E-state index is -1.21. The predicted molar refractivity (Wildman–Crippen MR) is 86.9 cm³/mol. The summed E-state index contributed by atoms with van der Waals surface area (Å²) in [5, 5.41) is 9.31. The normalized spacial score (nSPS) is 18.8. The first-order chi connectivity index (χ1) is 9.28. The highest BCUT2D eigenvalue weighted by Crippen LogP contribution is 2.27. The molecule has 0 radical (unpaired) electrons. The summed E-state index contributed by atoms with van der Waals surface area (Å²) in [5.41, 5.74) is 6.19. The third-order valence-electron chi connectivity index (χ3n) is 4.22. The molecule has 0 aromatic rings. The van der Waals surface area contributed by atoms with Crippen molar-refractivity contribution in [2.75, 3.05) is 13.1 Å². The van der Waals surface area contributed by atoms with Gasteiger partial charge >= 0.3 is 6.09 Å². The molecule has 4 nitrogen and oxygen atoms in total. The third-order valence-corrected chi connectivity index (χ3v) is 5.94. The van der Waals surface area contributed by atoms with Gasteiger partial charge in [-0.15, -0.1) is 0 Å². The lowest BCUT2D eigenvalue weighted by Gasteiger charge is -2.29. The Kier molecular flexibility index (Phi) is 7.02. The van der Waals surface area contributed by atoms with Gasteiger partial charge in [0.25, 0.3) is 0 Å². The molecule has 1 fully saturated rings. The van der Waals surface area contributed by atoms with Gasteiger partial charge in [0.05, 0.1) is 0 Å². The van der Waals surface area contributed by atoms with Gasteiger partial charge in [-0.05, 0) is 18.4 Å². The molecule has 0 aromatic heterocycles. The van der Waals surface area contributed by atoms with Gasteiger partial charge in [0.1, 0.15) is 0 Å². The molecule has 5 heteroatoms. The molecule has 1 atom stereocenters. The summed E-state index contributed by atoms with van der Waals surface area (Å²) < 4.78 is 0. The molecule has 20 heavy (non-hydrogen) atoms. The fraction of sp³-hybridized carbons (Fsp3) is 0.933. The van der Waals surface area contributed by atoms with E-state index in [1.807, 2.05) is 0 Å². The van der Waals surface area contributed by atoms with Gasteiger partial charge in [-0.2, -0.15) is 0 Å². The van der Waals surface area contributed by atoms with Crippen LogP contribution >= 0.6 is 0 Å². The average Bonchev–Trinajstić information content (AvgIpc) is 2.34. The smallest absolute Gasteiger partial charge is 0.407 e. The summed E-state index contributed by atoms with van der Waals surface area (Å²) in [6.45, 7) is 7.96. The van der Waals surface area contributed by atoms with E-state index < -0.39 is 14.2 Å². The molecule has 0 heterocycles. The molecule has 1 rings (SSSR count). The molecule has 1 aliphatic rings. The number of amides is 1. The molecule has 0 unspecified atom stereocenters. The Balaban J connectivity index is 2.37. The number of carboxylic acid groups (broad SMARTS) is 1. The molecule has 0 spiro atoms. The molecule has 1 aliphatic carbocycles. The lowest BCUT2D eigenvalue weighted by atomic mass is 9.85. The molecule has 3 N–H and O–H groups in total. The van der Waals surface area contributed by atoms with Crippen molar-refractivity contribution in [3.63, 3.8) is 0 Å². The zero-order valence-corrected chi connectivity index (χ0v) is 14.4. The molecule has 1 saturated carbocycles. The number of carbonyl (C=O) groups is 1. The van der Waals surface area contributed by atoms with Crippen molar-refractivity contribution in [2.24, 2.45) is 11.7 Å². The highest BCUT2D eigenvalue weighted by Gasteiger charge is 2.22. The van der Waals surface area contributed by atoms with Crippen LogP contribution in [0.15, 0.2) is 0 Å². The number of hydrogen-bond donors (Lipinski definition) is 2. The van der Waals surface area contributed by atoms with Crippen molar-refractivity contribution < 1.29 is 9.90 Å². The van der Waals surface area contributed by atoms with Crippen LogP contribution in [0.5, 0.6) is 0 Å². The number of nitrogens with two attached hydrogens (primary N) is 1. The highest BCUT2D eigenvalue weighted by atomic mass is 28.3. The van der Waals surface area contributed by atoms with Crippen molar-refractivity contribution in [2.45, 2.75) is 70.3 Å².